The maximum Gasteiger partial charge on any atom is 0.0984 e. The van der Waals surface area contributed by atoms with Gasteiger partial charge in [0.25, 0.3) is 0 Å². The molecule has 0 aliphatic rings. The van der Waals surface area contributed by atoms with Gasteiger partial charge in [-0.25, -0.2) is 0 Å². The van der Waals surface area contributed by atoms with Crippen LogP contribution in [0.1, 0.15) is 46.5 Å². The van der Waals surface area contributed by atoms with Gasteiger partial charge < -0.3 is 20.8 Å². The second-order valence-corrected chi connectivity index (χ2v) is 8.40. The molecular formula is C30H33ClN2O2. The zero-order chi connectivity index (χ0) is 23.6. The SMILES string of the molecule is Cl.OC(c1ccccc1)C(NCCNC(c1ccccc1)C(O)c1ccccc1)c1ccccc1. The van der Waals surface area contributed by atoms with Crippen LogP contribution in [-0.2, 0) is 0 Å². The van der Waals surface area contributed by atoms with Crippen LogP contribution in [0.4, 0.5) is 0 Å². The molecule has 35 heavy (non-hydrogen) atoms. The Balaban J connectivity index is 0.00000342. The van der Waals surface area contributed by atoms with Crippen LogP contribution in [-0.4, -0.2) is 23.3 Å². The molecule has 0 aliphatic heterocycles. The lowest BCUT2D eigenvalue weighted by molar-refractivity contribution is 0.121. The zero-order valence-electron chi connectivity index (χ0n) is 19.6. The van der Waals surface area contributed by atoms with Crippen molar-refractivity contribution in [3.8, 4) is 0 Å². The van der Waals surface area contributed by atoms with Crippen molar-refractivity contribution in [3.05, 3.63) is 144 Å². The van der Waals surface area contributed by atoms with Gasteiger partial charge in [0, 0.05) is 13.1 Å². The average Bonchev–Trinajstić information content (AvgIpc) is 2.92. The van der Waals surface area contributed by atoms with E-state index in [0.717, 1.165) is 22.3 Å². The van der Waals surface area contributed by atoms with E-state index in [2.05, 4.69) is 10.6 Å². The zero-order valence-corrected chi connectivity index (χ0v) is 20.4. The summed E-state index contributed by atoms with van der Waals surface area (Å²) in [6.07, 6.45) is -1.35. The molecule has 0 aromatic heterocycles. The highest BCUT2D eigenvalue weighted by Crippen LogP contribution is 2.30. The van der Waals surface area contributed by atoms with Crippen LogP contribution in [0.3, 0.4) is 0 Å². The van der Waals surface area contributed by atoms with E-state index in [9.17, 15) is 10.2 Å². The summed E-state index contributed by atoms with van der Waals surface area (Å²) in [7, 11) is 0. The average molecular weight is 489 g/mol. The number of halogens is 1. The summed E-state index contributed by atoms with van der Waals surface area (Å²) in [6, 6.07) is 39.0. The molecule has 4 unspecified atom stereocenters. The van der Waals surface area contributed by atoms with Gasteiger partial charge in [0.2, 0.25) is 0 Å². The fourth-order valence-corrected chi connectivity index (χ4v) is 4.28. The van der Waals surface area contributed by atoms with Crippen molar-refractivity contribution in [2.45, 2.75) is 24.3 Å². The van der Waals surface area contributed by atoms with Crippen molar-refractivity contribution < 1.29 is 10.2 Å². The van der Waals surface area contributed by atoms with Gasteiger partial charge in [-0.3, -0.25) is 0 Å². The molecule has 0 amide bonds. The second-order valence-electron chi connectivity index (χ2n) is 8.40. The summed E-state index contributed by atoms with van der Waals surface area (Å²) in [6.45, 7) is 1.24. The minimum absolute atomic E-state index is 0. The summed E-state index contributed by atoms with van der Waals surface area (Å²) >= 11 is 0. The normalized spacial score (nSPS) is 14.3. The molecular weight excluding hydrogens is 456 g/mol. The molecule has 0 saturated heterocycles. The predicted molar refractivity (Wildman–Crippen MR) is 144 cm³/mol. The Hall–Kier alpha value is -2.99. The molecule has 0 aliphatic carbocycles. The largest absolute Gasteiger partial charge is 0.386 e. The number of aliphatic hydroxyl groups excluding tert-OH is 2. The lowest BCUT2D eigenvalue weighted by atomic mass is 9.95. The third kappa shape index (κ3) is 7.25. The van der Waals surface area contributed by atoms with E-state index in [1.165, 1.54) is 0 Å². The van der Waals surface area contributed by atoms with E-state index in [4.69, 9.17) is 0 Å². The molecule has 4 atom stereocenters. The summed E-state index contributed by atoms with van der Waals surface area (Å²) in [5, 5.41) is 29.3. The van der Waals surface area contributed by atoms with Gasteiger partial charge in [0.1, 0.15) is 0 Å². The molecule has 0 heterocycles. The van der Waals surface area contributed by atoms with Gasteiger partial charge >= 0.3 is 0 Å². The summed E-state index contributed by atoms with van der Waals surface area (Å²) in [5.74, 6) is 0. The molecule has 4 rings (SSSR count). The first-order valence-corrected chi connectivity index (χ1v) is 11.8. The van der Waals surface area contributed by atoms with Gasteiger partial charge in [0.15, 0.2) is 0 Å². The number of aliphatic hydroxyl groups is 2. The Morgan fingerprint density at radius 3 is 0.971 bits per heavy atom. The van der Waals surface area contributed by atoms with Gasteiger partial charge in [-0.05, 0) is 22.3 Å². The monoisotopic (exact) mass is 488 g/mol. The van der Waals surface area contributed by atoms with Crippen molar-refractivity contribution in [3.63, 3.8) is 0 Å². The van der Waals surface area contributed by atoms with E-state index in [1.54, 1.807) is 0 Å². The summed E-state index contributed by atoms with van der Waals surface area (Å²) < 4.78 is 0. The Kier molecular flexibility index (Phi) is 10.5. The lowest BCUT2D eigenvalue weighted by Gasteiger charge is -2.28. The van der Waals surface area contributed by atoms with E-state index in [1.807, 2.05) is 121 Å². The van der Waals surface area contributed by atoms with Crippen LogP contribution in [0.5, 0.6) is 0 Å². The van der Waals surface area contributed by atoms with Crippen LogP contribution < -0.4 is 10.6 Å². The Morgan fingerprint density at radius 1 is 0.429 bits per heavy atom. The summed E-state index contributed by atoms with van der Waals surface area (Å²) in [4.78, 5) is 0. The van der Waals surface area contributed by atoms with Gasteiger partial charge in [0.05, 0.1) is 24.3 Å². The smallest absolute Gasteiger partial charge is 0.0984 e. The summed E-state index contributed by atoms with van der Waals surface area (Å²) in [5.41, 5.74) is 3.81. The first-order chi connectivity index (χ1) is 16.7. The lowest BCUT2D eigenvalue weighted by Crippen LogP contribution is -2.36. The second kappa shape index (κ2) is 13.8. The molecule has 4 aromatic rings. The van der Waals surface area contributed by atoms with E-state index < -0.39 is 12.2 Å². The minimum atomic E-state index is -0.677. The molecule has 0 spiro atoms. The molecule has 0 saturated carbocycles. The molecule has 0 radical (unpaired) electrons. The third-order valence-electron chi connectivity index (χ3n) is 6.08. The molecule has 4 N–H and O–H groups in total. The number of hydrogen-bond acceptors (Lipinski definition) is 4. The fraction of sp³-hybridized carbons (Fsp3) is 0.200. The first kappa shape index (κ1) is 26.6. The van der Waals surface area contributed by atoms with Crippen molar-refractivity contribution in [1.29, 1.82) is 0 Å². The standard InChI is InChI=1S/C30H32N2O2.ClH/c33-29(25-17-9-3-10-18-25)27(23-13-5-1-6-14-23)31-21-22-32-28(24-15-7-2-8-16-24)30(34)26-19-11-4-12-20-26;/h1-20,27-34H,21-22H2;1H. The van der Waals surface area contributed by atoms with Crippen molar-refractivity contribution in [1.82, 2.24) is 10.6 Å². The van der Waals surface area contributed by atoms with Crippen LogP contribution in [0.15, 0.2) is 121 Å². The van der Waals surface area contributed by atoms with Crippen LogP contribution in [0, 0.1) is 0 Å². The molecule has 0 bridgehead atoms. The van der Waals surface area contributed by atoms with Gasteiger partial charge in [-0.2, -0.15) is 0 Å². The molecule has 182 valence electrons. The highest BCUT2D eigenvalue weighted by atomic mass is 35.5. The number of benzene rings is 4. The molecule has 0 fully saturated rings. The predicted octanol–water partition coefficient (Wildman–Crippen LogP) is 5.54. The van der Waals surface area contributed by atoms with E-state index in [-0.39, 0.29) is 24.5 Å². The molecule has 4 aromatic carbocycles. The van der Waals surface area contributed by atoms with E-state index in [0.29, 0.717) is 13.1 Å². The fourth-order valence-electron chi connectivity index (χ4n) is 4.28. The third-order valence-corrected chi connectivity index (χ3v) is 6.08. The van der Waals surface area contributed by atoms with Crippen molar-refractivity contribution >= 4 is 12.4 Å². The van der Waals surface area contributed by atoms with Gasteiger partial charge in [-0.1, -0.05) is 121 Å². The van der Waals surface area contributed by atoms with Crippen LogP contribution in [0.2, 0.25) is 0 Å². The minimum Gasteiger partial charge on any atom is -0.386 e. The Morgan fingerprint density at radius 2 is 0.686 bits per heavy atom. The molecule has 5 heteroatoms. The Labute approximate surface area is 214 Å². The number of nitrogens with one attached hydrogen (secondary N) is 2. The maximum atomic E-state index is 11.1. The first-order valence-electron chi connectivity index (χ1n) is 11.8. The highest BCUT2D eigenvalue weighted by Gasteiger charge is 2.24. The topological polar surface area (TPSA) is 64.5 Å². The number of hydrogen-bond donors (Lipinski definition) is 4. The van der Waals surface area contributed by atoms with E-state index >= 15 is 0 Å². The van der Waals surface area contributed by atoms with Crippen LogP contribution >= 0.6 is 12.4 Å². The molecule has 4 nitrogen and oxygen atoms in total. The maximum absolute atomic E-state index is 11.1. The van der Waals surface area contributed by atoms with Crippen molar-refractivity contribution in [2.75, 3.05) is 13.1 Å². The van der Waals surface area contributed by atoms with Crippen LogP contribution in [0.25, 0.3) is 0 Å². The van der Waals surface area contributed by atoms with Gasteiger partial charge in [-0.15, -0.1) is 12.4 Å². The highest BCUT2D eigenvalue weighted by molar-refractivity contribution is 5.85. The number of rotatable bonds is 11. The van der Waals surface area contributed by atoms with Crippen molar-refractivity contribution in [2.24, 2.45) is 0 Å². The quantitative estimate of drug-likeness (QED) is 0.209. The Bertz CT molecular complexity index is 1010.